The quantitative estimate of drug-likeness (QED) is 0.540. The van der Waals surface area contributed by atoms with E-state index in [1.165, 1.54) is 0 Å². The van der Waals surface area contributed by atoms with Gasteiger partial charge >= 0.3 is 0 Å². The molecule has 134 valence electrons. The second kappa shape index (κ2) is 6.45. The first-order valence-electron chi connectivity index (χ1n) is 8.15. The fourth-order valence-electron chi connectivity index (χ4n) is 3.04. The molecule has 0 bridgehead atoms. The number of benzene rings is 1. The molecular weight excluding hydrogens is 350 g/mol. The highest BCUT2D eigenvalue weighted by Gasteiger charge is 2.18. The number of ether oxygens (including phenoxy) is 2. The molecule has 0 amide bonds. The van der Waals surface area contributed by atoms with E-state index >= 15 is 0 Å². The van der Waals surface area contributed by atoms with Gasteiger partial charge < -0.3 is 14.0 Å². The monoisotopic (exact) mass is 369 g/mol. The maximum absolute atomic E-state index is 5.59. The maximum Gasteiger partial charge on any atom is 0.212 e. The summed E-state index contributed by atoms with van der Waals surface area (Å²) in [5.41, 5.74) is 2.90. The van der Waals surface area contributed by atoms with Crippen LogP contribution < -0.4 is 9.47 Å². The van der Waals surface area contributed by atoms with Crippen molar-refractivity contribution in [2.75, 3.05) is 14.2 Å². The van der Waals surface area contributed by atoms with Crippen LogP contribution >= 0.6 is 11.3 Å². The van der Waals surface area contributed by atoms with E-state index in [0.29, 0.717) is 18.0 Å². The van der Waals surface area contributed by atoms with Gasteiger partial charge in [0.2, 0.25) is 4.96 Å². The van der Waals surface area contributed by atoms with Crippen molar-refractivity contribution in [2.45, 2.75) is 20.4 Å². The molecule has 7 nitrogen and oxygen atoms in total. The molecule has 0 radical (unpaired) electrons. The van der Waals surface area contributed by atoms with Crippen molar-refractivity contribution in [1.82, 2.24) is 24.1 Å². The topological polar surface area (TPSA) is 66.5 Å². The molecule has 1 aromatic carbocycles. The summed E-state index contributed by atoms with van der Waals surface area (Å²) in [6.45, 7) is 4.60. The number of imidazole rings is 2. The summed E-state index contributed by atoms with van der Waals surface area (Å²) in [4.78, 5) is 10.1. The summed E-state index contributed by atoms with van der Waals surface area (Å²) in [7, 11) is 3.28. The van der Waals surface area contributed by atoms with Gasteiger partial charge in [-0.1, -0.05) is 11.3 Å². The summed E-state index contributed by atoms with van der Waals surface area (Å²) in [6.07, 6.45) is 5.68. The van der Waals surface area contributed by atoms with Gasteiger partial charge in [-0.3, -0.25) is 0 Å². The van der Waals surface area contributed by atoms with Gasteiger partial charge in [0.1, 0.15) is 10.8 Å². The predicted molar refractivity (Wildman–Crippen MR) is 100 cm³/mol. The van der Waals surface area contributed by atoms with Crippen LogP contribution in [-0.2, 0) is 6.54 Å². The first-order chi connectivity index (χ1) is 12.6. The highest BCUT2D eigenvalue weighted by Crippen LogP contribution is 2.38. The van der Waals surface area contributed by atoms with Crippen LogP contribution in [0.5, 0.6) is 11.5 Å². The Balaban J connectivity index is 1.75. The van der Waals surface area contributed by atoms with Crippen molar-refractivity contribution >= 4 is 16.3 Å². The summed E-state index contributed by atoms with van der Waals surface area (Å²) >= 11 is 1.58. The van der Waals surface area contributed by atoms with Gasteiger partial charge in [0.25, 0.3) is 0 Å². The molecule has 4 rings (SSSR count). The van der Waals surface area contributed by atoms with Gasteiger partial charge in [-0.15, -0.1) is 0 Å². The van der Waals surface area contributed by atoms with Crippen LogP contribution in [0.15, 0.2) is 30.7 Å². The fourth-order valence-corrected chi connectivity index (χ4v) is 3.79. The first kappa shape index (κ1) is 16.6. The van der Waals surface area contributed by atoms with Crippen LogP contribution in [0.1, 0.15) is 16.3 Å². The molecule has 4 aromatic rings. The first-order valence-corrected chi connectivity index (χ1v) is 8.96. The van der Waals surface area contributed by atoms with Crippen molar-refractivity contribution in [1.29, 1.82) is 0 Å². The van der Waals surface area contributed by atoms with E-state index in [4.69, 9.17) is 9.47 Å². The van der Waals surface area contributed by atoms with Gasteiger partial charge in [-0.25, -0.2) is 14.5 Å². The van der Waals surface area contributed by atoms with Crippen LogP contribution in [0.25, 0.3) is 16.3 Å². The molecule has 0 saturated carbocycles. The molecule has 0 aliphatic carbocycles. The Bertz CT molecular complexity index is 1050. The lowest BCUT2D eigenvalue weighted by Gasteiger charge is -2.14. The maximum atomic E-state index is 5.59. The Kier molecular flexibility index (Phi) is 4.12. The van der Waals surface area contributed by atoms with Crippen molar-refractivity contribution < 1.29 is 9.47 Å². The average molecular weight is 369 g/mol. The molecule has 0 aliphatic heterocycles. The summed E-state index contributed by atoms with van der Waals surface area (Å²) in [6, 6.07) is 4.00. The van der Waals surface area contributed by atoms with Crippen molar-refractivity contribution in [3.05, 3.63) is 47.0 Å². The molecular formula is C18H19N5O2S. The van der Waals surface area contributed by atoms with Crippen LogP contribution in [0.3, 0.4) is 0 Å². The predicted octanol–water partition coefficient (Wildman–Crippen LogP) is 3.34. The van der Waals surface area contributed by atoms with Crippen LogP contribution in [0.2, 0.25) is 0 Å². The molecule has 0 unspecified atom stereocenters. The number of hydrogen-bond acceptors (Lipinski definition) is 6. The molecule has 0 fully saturated rings. The average Bonchev–Trinajstić information content (AvgIpc) is 3.29. The van der Waals surface area contributed by atoms with E-state index in [1.807, 2.05) is 36.8 Å². The number of methoxy groups -OCH3 is 2. The Morgan fingerprint density at radius 1 is 1.15 bits per heavy atom. The van der Waals surface area contributed by atoms with E-state index in [-0.39, 0.29) is 0 Å². The zero-order chi connectivity index (χ0) is 18.3. The van der Waals surface area contributed by atoms with Crippen molar-refractivity contribution in [3.8, 4) is 22.9 Å². The van der Waals surface area contributed by atoms with Crippen LogP contribution in [-0.4, -0.2) is 38.4 Å². The minimum atomic E-state index is 0.601. The molecule has 0 N–H and O–H groups in total. The van der Waals surface area contributed by atoms with Crippen molar-refractivity contribution in [3.63, 3.8) is 0 Å². The van der Waals surface area contributed by atoms with Gasteiger partial charge in [-0.2, -0.15) is 5.10 Å². The second-order valence-corrected chi connectivity index (χ2v) is 7.17. The fraction of sp³-hybridized carbons (Fsp3) is 0.278. The summed E-state index contributed by atoms with van der Waals surface area (Å²) in [5.74, 6) is 2.18. The number of rotatable bonds is 5. The van der Waals surface area contributed by atoms with Gasteiger partial charge in [0.05, 0.1) is 38.2 Å². The Morgan fingerprint density at radius 2 is 2.00 bits per heavy atom. The summed E-state index contributed by atoms with van der Waals surface area (Å²) in [5, 5.41) is 5.42. The lowest BCUT2D eigenvalue weighted by Crippen LogP contribution is -2.03. The number of fused-ring (bicyclic) bond motifs is 1. The normalized spacial score (nSPS) is 11.2. The molecule has 0 spiro atoms. The zero-order valence-electron chi connectivity index (χ0n) is 15.1. The number of aryl methyl sites for hydroxylation is 2. The number of aromatic nitrogens is 5. The standard InChI is InChI=1S/C18H19N5O2S/c1-11-7-14(16(25-4)15(8-11)24-3)17-19-5-6-22(17)9-13-10-23-18(20-13)26-12(2)21-23/h5-8,10H,9H2,1-4H3. The zero-order valence-corrected chi connectivity index (χ0v) is 15.9. The highest BCUT2D eigenvalue weighted by atomic mass is 32.1. The molecule has 0 aliphatic rings. The third-order valence-corrected chi connectivity index (χ3v) is 4.94. The lowest BCUT2D eigenvalue weighted by molar-refractivity contribution is 0.355. The molecule has 0 atom stereocenters. The molecule has 8 heteroatoms. The van der Waals surface area contributed by atoms with Gasteiger partial charge in [-0.05, 0) is 31.5 Å². The number of nitrogens with zero attached hydrogens (tertiary/aromatic N) is 5. The third kappa shape index (κ3) is 2.82. The van der Waals surface area contributed by atoms with E-state index in [9.17, 15) is 0 Å². The molecule has 26 heavy (non-hydrogen) atoms. The van der Waals surface area contributed by atoms with Crippen molar-refractivity contribution in [2.24, 2.45) is 0 Å². The van der Waals surface area contributed by atoms with Gasteiger partial charge in [0.15, 0.2) is 11.5 Å². The Labute approximate surface area is 154 Å². The SMILES string of the molecule is COc1cc(C)cc(-c2nccn2Cc2cn3nc(C)sc3n2)c1OC. The Morgan fingerprint density at radius 3 is 2.73 bits per heavy atom. The largest absolute Gasteiger partial charge is 0.493 e. The number of hydrogen-bond donors (Lipinski definition) is 0. The molecule has 0 saturated heterocycles. The summed E-state index contributed by atoms with van der Waals surface area (Å²) < 4.78 is 14.9. The molecule has 3 heterocycles. The second-order valence-electron chi connectivity index (χ2n) is 6.01. The smallest absolute Gasteiger partial charge is 0.212 e. The molecule has 3 aromatic heterocycles. The lowest BCUT2D eigenvalue weighted by atomic mass is 10.1. The minimum Gasteiger partial charge on any atom is -0.493 e. The Hall–Kier alpha value is -2.87. The third-order valence-electron chi connectivity index (χ3n) is 4.11. The van der Waals surface area contributed by atoms with Crippen LogP contribution in [0.4, 0.5) is 0 Å². The van der Waals surface area contributed by atoms with E-state index in [1.54, 1.807) is 31.8 Å². The van der Waals surface area contributed by atoms with E-state index in [2.05, 4.69) is 25.7 Å². The highest BCUT2D eigenvalue weighted by molar-refractivity contribution is 7.16. The van der Waals surface area contributed by atoms with E-state index in [0.717, 1.165) is 32.6 Å². The van der Waals surface area contributed by atoms with Gasteiger partial charge in [0, 0.05) is 12.4 Å². The minimum absolute atomic E-state index is 0.601. The van der Waals surface area contributed by atoms with Crippen LogP contribution in [0, 0.1) is 13.8 Å². The van der Waals surface area contributed by atoms with E-state index < -0.39 is 0 Å².